The molecule has 3 aromatic rings. The predicted octanol–water partition coefficient (Wildman–Crippen LogP) is 2.87. The lowest BCUT2D eigenvalue weighted by Gasteiger charge is -1.99. The Labute approximate surface area is 129 Å². The van der Waals surface area contributed by atoms with Crippen LogP contribution in [0.25, 0.3) is 11.5 Å². The maximum absolute atomic E-state index is 12.2. The standard InChI is InChI=1S/C13H13N5OS2/c1-7-10(21-8(2)15-7)12(19)17-13-16-9(6-20-13)11-14-4-5-18(11)3/h4-6H,1-3H3,(H,16,17,19). The van der Waals surface area contributed by atoms with Crippen molar-refractivity contribution in [1.82, 2.24) is 19.5 Å². The van der Waals surface area contributed by atoms with Crippen LogP contribution in [0.1, 0.15) is 20.4 Å². The van der Waals surface area contributed by atoms with E-state index in [4.69, 9.17) is 0 Å². The molecule has 3 aromatic heterocycles. The van der Waals surface area contributed by atoms with Crippen LogP contribution in [0.2, 0.25) is 0 Å². The molecule has 0 saturated heterocycles. The minimum atomic E-state index is -0.168. The molecule has 3 heterocycles. The maximum atomic E-state index is 12.2. The van der Waals surface area contributed by atoms with Gasteiger partial charge >= 0.3 is 0 Å². The summed E-state index contributed by atoms with van der Waals surface area (Å²) in [6.45, 7) is 3.72. The van der Waals surface area contributed by atoms with Crippen LogP contribution in [0.4, 0.5) is 5.13 Å². The van der Waals surface area contributed by atoms with Crippen LogP contribution in [-0.2, 0) is 7.05 Å². The molecular weight excluding hydrogens is 306 g/mol. The molecule has 0 aliphatic rings. The average molecular weight is 319 g/mol. The first-order valence-electron chi connectivity index (χ1n) is 6.23. The Balaban J connectivity index is 1.80. The Morgan fingerprint density at radius 1 is 1.33 bits per heavy atom. The van der Waals surface area contributed by atoms with Crippen LogP contribution >= 0.6 is 22.7 Å². The highest BCUT2D eigenvalue weighted by Crippen LogP contribution is 2.25. The van der Waals surface area contributed by atoms with Crippen molar-refractivity contribution in [1.29, 1.82) is 0 Å². The van der Waals surface area contributed by atoms with Crippen LogP contribution in [-0.4, -0.2) is 25.4 Å². The van der Waals surface area contributed by atoms with Gasteiger partial charge in [-0.25, -0.2) is 15.0 Å². The molecule has 1 N–H and O–H groups in total. The summed E-state index contributed by atoms with van der Waals surface area (Å²) in [6.07, 6.45) is 3.58. The molecule has 0 aliphatic carbocycles. The van der Waals surface area contributed by atoms with Crippen molar-refractivity contribution in [3.05, 3.63) is 33.4 Å². The summed E-state index contributed by atoms with van der Waals surface area (Å²) < 4.78 is 1.89. The molecule has 8 heteroatoms. The van der Waals surface area contributed by atoms with Gasteiger partial charge in [0.2, 0.25) is 0 Å². The van der Waals surface area contributed by atoms with Gasteiger partial charge in [0.1, 0.15) is 10.6 Å². The summed E-state index contributed by atoms with van der Waals surface area (Å²) >= 11 is 2.77. The number of imidazole rings is 1. The van der Waals surface area contributed by atoms with Gasteiger partial charge in [0, 0.05) is 24.8 Å². The first kappa shape index (κ1) is 13.9. The minimum Gasteiger partial charge on any atom is -0.333 e. The first-order chi connectivity index (χ1) is 10.0. The summed E-state index contributed by atoms with van der Waals surface area (Å²) in [6, 6.07) is 0. The number of carbonyl (C=O) groups excluding carboxylic acids is 1. The van der Waals surface area contributed by atoms with Crippen LogP contribution in [0.15, 0.2) is 17.8 Å². The molecule has 0 radical (unpaired) electrons. The van der Waals surface area contributed by atoms with Crippen molar-refractivity contribution in [3.63, 3.8) is 0 Å². The number of rotatable bonds is 3. The monoisotopic (exact) mass is 319 g/mol. The van der Waals surface area contributed by atoms with E-state index < -0.39 is 0 Å². The lowest BCUT2D eigenvalue weighted by molar-refractivity contribution is 0.103. The summed E-state index contributed by atoms with van der Waals surface area (Å²) in [5.74, 6) is 0.607. The number of carbonyl (C=O) groups is 1. The van der Waals surface area contributed by atoms with Gasteiger partial charge in [0.05, 0.1) is 10.7 Å². The zero-order valence-electron chi connectivity index (χ0n) is 11.7. The van der Waals surface area contributed by atoms with Crippen molar-refractivity contribution in [2.75, 3.05) is 5.32 Å². The lowest BCUT2D eigenvalue weighted by atomic mass is 10.4. The van der Waals surface area contributed by atoms with Crippen LogP contribution < -0.4 is 5.32 Å². The molecule has 0 aliphatic heterocycles. The molecule has 21 heavy (non-hydrogen) atoms. The van der Waals surface area contributed by atoms with Gasteiger partial charge in [-0.1, -0.05) is 0 Å². The molecule has 1 amide bonds. The second-order valence-electron chi connectivity index (χ2n) is 4.50. The van der Waals surface area contributed by atoms with Crippen LogP contribution in [0, 0.1) is 13.8 Å². The van der Waals surface area contributed by atoms with E-state index in [1.807, 2.05) is 37.0 Å². The highest BCUT2D eigenvalue weighted by molar-refractivity contribution is 7.15. The van der Waals surface area contributed by atoms with Gasteiger partial charge < -0.3 is 4.57 Å². The third-order valence-corrected chi connectivity index (χ3v) is 4.71. The van der Waals surface area contributed by atoms with E-state index in [-0.39, 0.29) is 5.91 Å². The van der Waals surface area contributed by atoms with E-state index in [1.165, 1.54) is 22.7 Å². The van der Waals surface area contributed by atoms with E-state index in [0.29, 0.717) is 10.0 Å². The number of hydrogen-bond donors (Lipinski definition) is 1. The maximum Gasteiger partial charge on any atom is 0.269 e. The van der Waals surface area contributed by atoms with Gasteiger partial charge in [-0.3, -0.25) is 10.1 Å². The SMILES string of the molecule is Cc1nc(C)c(C(=O)Nc2nc(-c3nccn3C)cs2)s1. The fourth-order valence-electron chi connectivity index (χ4n) is 1.94. The number of nitrogens with one attached hydrogen (secondary N) is 1. The minimum absolute atomic E-state index is 0.168. The van der Waals surface area contributed by atoms with E-state index >= 15 is 0 Å². The number of anilines is 1. The summed E-state index contributed by atoms with van der Waals surface area (Å²) in [5.41, 5.74) is 1.50. The molecule has 0 unspecified atom stereocenters. The van der Waals surface area contributed by atoms with Gasteiger partial charge in [-0.05, 0) is 13.8 Å². The highest BCUT2D eigenvalue weighted by Gasteiger charge is 2.16. The number of aryl methyl sites for hydroxylation is 3. The number of thiazole rings is 2. The second kappa shape index (κ2) is 5.38. The summed E-state index contributed by atoms with van der Waals surface area (Å²) in [5, 5.41) is 6.13. The molecular formula is C13H13N5OS2. The molecule has 6 nitrogen and oxygen atoms in total. The highest BCUT2D eigenvalue weighted by atomic mass is 32.1. The topological polar surface area (TPSA) is 72.7 Å². The molecule has 0 bridgehead atoms. The van der Waals surface area contributed by atoms with E-state index in [1.54, 1.807) is 6.20 Å². The second-order valence-corrected chi connectivity index (χ2v) is 6.56. The van der Waals surface area contributed by atoms with Crippen molar-refractivity contribution in [2.24, 2.45) is 7.05 Å². The predicted molar refractivity (Wildman–Crippen MR) is 83.9 cm³/mol. The van der Waals surface area contributed by atoms with Crippen LogP contribution in [0.3, 0.4) is 0 Å². The van der Waals surface area contributed by atoms with E-state index in [0.717, 1.165) is 22.2 Å². The largest absolute Gasteiger partial charge is 0.333 e. The Hall–Kier alpha value is -2.06. The lowest BCUT2D eigenvalue weighted by Crippen LogP contribution is -2.11. The summed E-state index contributed by atoms with van der Waals surface area (Å²) in [7, 11) is 1.91. The third kappa shape index (κ3) is 2.72. The zero-order chi connectivity index (χ0) is 15.0. The molecule has 0 spiro atoms. The first-order valence-corrected chi connectivity index (χ1v) is 7.93. The normalized spacial score (nSPS) is 10.8. The van der Waals surface area contributed by atoms with Gasteiger partial charge in [0.15, 0.2) is 11.0 Å². The Morgan fingerprint density at radius 3 is 2.76 bits per heavy atom. The number of nitrogens with zero attached hydrogens (tertiary/aromatic N) is 4. The molecule has 0 saturated carbocycles. The number of amides is 1. The number of hydrogen-bond acceptors (Lipinski definition) is 6. The molecule has 3 rings (SSSR count). The van der Waals surface area contributed by atoms with E-state index in [2.05, 4.69) is 20.3 Å². The van der Waals surface area contributed by atoms with Crippen molar-refractivity contribution < 1.29 is 4.79 Å². The van der Waals surface area contributed by atoms with Gasteiger partial charge in [-0.2, -0.15) is 0 Å². The molecule has 0 fully saturated rings. The van der Waals surface area contributed by atoms with Crippen LogP contribution in [0.5, 0.6) is 0 Å². The fraction of sp³-hybridized carbons (Fsp3) is 0.231. The Morgan fingerprint density at radius 2 is 2.14 bits per heavy atom. The molecule has 0 atom stereocenters. The molecule has 0 aromatic carbocycles. The third-order valence-electron chi connectivity index (χ3n) is 2.88. The van der Waals surface area contributed by atoms with E-state index in [9.17, 15) is 4.79 Å². The Kier molecular flexibility index (Phi) is 3.56. The smallest absolute Gasteiger partial charge is 0.269 e. The Bertz CT molecular complexity index is 801. The molecule has 108 valence electrons. The van der Waals surface area contributed by atoms with Gasteiger partial charge in [-0.15, -0.1) is 22.7 Å². The van der Waals surface area contributed by atoms with Crippen molar-refractivity contribution in [2.45, 2.75) is 13.8 Å². The van der Waals surface area contributed by atoms with Crippen molar-refractivity contribution in [3.8, 4) is 11.5 Å². The number of aromatic nitrogens is 4. The van der Waals surface area contributed by atoms with Crippen molar-refractivity contribution >= 4 is 33.7 Å². The fourth-order valence-corrected chi connectivity index (χ4v) is 3.44. The quantitative estimate of drug-likeness (QED) is 0.805. The zero-order valence-corrected chi connectivity index (χ0v) is 13.4. The average Bonchev–Trinajstić information content (AvgIpc) is 3.10. The summed E-state index contributed by atoms with van der Waals surface area (Å²) in [4.78, 5) is 25.7. The van der Waals surface area contributed by atoms with Gasteiger partial charge in [0.25, 0.3) is 5.91 Å².